The molecule has 0 amide bonds. The Morgan fingerprint density at radius 3 is 2.42 bits per heavy atom. The van der Waals surface area contributed by atoms with Crippen molar-refractivity contribution in [3.63, 3.8) is 0 Å². The largest absolute Gasteiger partial charge is 0.417 e. The molecule has 0 aromatic heterocycles. The molecule has 26 heavy (non-hydrogen) atoms. The topological polar surface area (TPSA) is 33.0 Å². The molecule has 2 nitrogen and oxygen atoms in total. The van der Waals surface area contributed by atoms with Gasteiger partial charge in [-0.3, -0.25) is 0 Å². The van der Waals surface area contributed by atoms with Crippen molar-refractivity contribution < 1.29 is 8.82 Å². The van der Waals surface area contributed by atoms with E-state index in [-0.39, 0.29) is 16.1 Å². The molecule has 0 saturated carbocycles. The molecule has 0 aliphatic carbocycles. The molecule has 0 aliphatic rings. The number of halogens is 2. The third kappa shape index (κ3) is 6.08. The molecule has 0 radical (unpaired) electrons. The number of thioether (sulfide) groups is 1. The van der Waals surface area contributed by atoms with Crippen LogP contribution in [-0.2, 0) is 9.84 Å². The lowest BCUT2D eigenvalue weighted by Gasteiger charge is -2.38. The van der Waals surface area contributed by atoms with Gasteiger partial charge in [0, 0.05) is 21.7 Å². The Morgan fingerprint density at radius 2 is 1.88 bits per heavy atom. The van der Waals surface area contributed by atoms with Crippen molar-refractivity contribution in [2.24, 2.45) is 0 Å². The molecule has 1 aromatic carbocycles. The van der Waals surface area contributed by atoms with Crippen LogP contribution in [0.4, 0.5) is 4.39 Å². The van der Waals surface area contributed by atoms with E-state index in [4.69, 9.17) is 9.69 Å². The highest BCUT2D eigenvalue weighted by molar-refractivity contribution is 9.10. The molecule has 0 fully saturated rings. The highest BCUT2D eigenvalue weighted by Crippen LogP contribution is 2.40. The smallest absolute Gasteiger partial charge is 0.191 e. The Hall–Kier alpha value is -0.353. The fraction of sp³-hybridized carbons (Fsp3) is 0.650. The van der Waals surface area contributed by atoms with Crippen LogP contribution in [0.2, 0.25) is 18.1 Å². The Bertz CT molecular complexity index is 652. The number of hydrogen-bond donors (Lipinski definition) is 0. The molecule has 6 heteroatoms. The van der Waals surface area contributed by atoms with E-state index in [0.29, 0.717) is 17.9 Å². The molecular formula is C20H31BrFNOSSi. The van der Waals surface area contributed by atoms with Gasteiger partial charge >= 0.3 is 0 Å². The van der Waals surface area contributed by atoms with Gasteiger partial charge in [-0.15, -0.1) is 11.8 Å². The molecule has 1 atom stereocenters. The van der Waals surface area contributed by atoms with Crippen LogP contribution in [0.5, 0.6) is 0 Å². The second kappa shape index (κ2) is 9.23. The first-order valence-corrected chi connectivity index (χ1v) is 13.7. The van der Waals surface area contributed by atoms with Crippen molar-refractivity contribution in [2.45, 2.75) is 69.8 Å². The Balaban J connectivity index is 2.98. The van der Waals surface area contributed by atoms with E-state index in [0.717, 1.165) is 10.9 Å². The molecule has 1 unspecified atom stereocenters. The average molecular weight is 461 g/mol. The highest BCUT2D eigenvalue weighted by atomic mass is 79.9. The van der Waals surface area contributed by atoms with Gasteiger partial charge in [0.2, 0.25) is 0 Å². The summed E-state index contributed by atoms with van der Waals surface area (Å²) in [7, 11) is -1.82. The van der Waals surface area contributed by atoms with Crippen LogP contribution in [-0.4, -0.2) is 25.9 Å². The zero-order chi connectivity index (χ0) is 20.2. The van der Waals surface area contributed by atoms with Crippen LogP contribution >= 0.6 is 27.7 Å². The van der Waals surface area contributed by atoms with Crippen molar-refractivity contribution in [3.05, 3.63) is 34.1 Å². The van der Waals surface area contributed by atoms with Crippen LogP contribution in [0.25, 0.3) is 0 Å². The van der Waals surface area contributed by atoms with E-state index < -0.39 is 13.7 Å². The summed E-state index contributed by atoms with van der Waals surface area (Å²) in [6.45, 7) is 15.9. The van der Waals surface area contributed by atoms with Gasteiger partial charge in [0.05, 0.1) is 11.8 Å². The Kier molecular flexibility index (Phi) is 8.41. The maximum atomic E-state index is 14.5. The van der Waals surface area contributed by atoms with E-state index >= 15 is 0 Å². The molecule has 0 heterocycles. The summed E-state index contributed by atoms with van der Waals surface area (Å²) in [4.78, 5) is 0. The van der Waals surface area contributed by atoms with Gasteiger partial charge in [0.25, 0.3) is 0 Å². The third-order valence-electron chi connectivity index (χ3n) is 5.43. The van der Waals surface area contributed by atoms with Gasteiger partial charge in [-0.05, 0) is 48.3 Å². The minimum absolute atomic E-state index is 0.0933. The van der Waals surface area contributed by atoms with Crippen LogP contribution in [0.3, 0.4) is 0 Å². The maximum Gasteiger partial charge on any atom is 0.191 e. The second-order valence-electron chi connectivity index (χ2n) is 8.70. The highest BCUT2D eigenvalue weighted by Gasteiger charge is 2.38. The fourth-order valence-electron chi connectivity index (χ4n) is 2.59. The van der Waals surface area contributed by atoms with Crippen molar-refractivity contribution in [3.8, 4) is 6.07 Å². The van der Waals surface area contributed by atoms with Crippen LogP contribution in [0, 0.1) is 17.1 Å². The zero-order valence-electron chi connectivity index (χ0n) is 17.0. The molecule has 0 bridgehead atoms. The lowest BCUT2D eigenvalue weighted by molar-refractivity contribution is 0.268. The minimum Gasteiger partial charge on any atom is -0.417 e. The van der Waals surface area contributed by atoms with Gasteiger partial charge in [-0.25, -0.2) is 4.39 Å². The summed E-state index contributed by atoms with van der Waals surface area (Å²) in [5, 5.41) is 9.29. The van der Waals surface area contributed by atoms with Crippen LogP contribution in [0.1, 0.15) is 46.6 Å². The fourth-order valence-corrected chi connectivity index (χ4v) is 5.10. The lowest BCUT2D eigenvalue weighted by atomic mass is 9.80. The summed E-state index contributed by atoms with van der Waals surface area (Å²) < 4.78 is 21.7. The second-order valence-corrected chi connectivity index (χ2v) is 15.6. The number of benzene rings is 1. The molecule has 146 valence electrons. The molecule has 1 rings (SSSR count). The number of hydrogen-bond acceptors (Lipinski definition) is 3. The molecule has 0 spiro atoms. The third-order valence-corrected chi connectivity index (χ3v) is 12.0. The van der Waals surface area contributed by atoms with Crippen molar-refractivity contribution >= 4 is 36.0 Å². The van der Waals surface area contributed by atoms with Crippen molar-refractivity contribution in [1.29, 1.82) is 5.26 Å². The lowest BCUT2D eigenvalue weighted by Crippen LogP contribution is -2.42. The minimum atomic E-state index is -1.82. The number of rotatable bonds is 8. The van der Waals surface area contributed by atoms with E-state index in [1.807, 2.05) is 6.07 Å². The Labute approximate surface area is 172 Å². The first-order valence-electron chi connectivity index (χ1n) is 8.91. The van der Waals surface area contributed by atoms with E-state index in [1.54, 1.807) is 17.8 Å². The molecule has 1 aromatic rings. The standard InChI is InChI=1S/C20H31BrFNOSSi/c1-19(2,3)26(6,7)24-12-10-18(25-13-11-23)20(4,5)16-14-15(21)8-9-17(16)22/h8-9,14,18H,10,12-13H2,1-7H3. The number of nitriles is 1. The predicted octanol–water partition coefficient (Wildman–Crippen LogP) is 6.90. The molecule has 0 saturated heterocycles. The molecular weight excluding hydrogens is 429 g/mol. The summed E-state index contributed by atoms with van der Waals surface area (Å²) >= 11 is 5.03. The summed E-state index contributed by atoms with van der Waals surface area (Å²) in [6, 6.07) is 7.27. The summed E-state index contributed by atoms with van der Waals surface area (Å²) in [6.07, 6.45) is 0.789. The van der Waals surface area contributed by atoms with Crippen LogP contribution in [0.15, 0.2) is 22.7 Å². The molecule has 0 aliphatic heterocycles. The number of nitrogens with zero attached hydrogens (tertiary/aromatic N) is 1. The summed E-state index contributed by atoms with van der Waals surface area (Å²) in [5.41, 5.74) is 0.265. The van der Waals surface area contributed by atoms with Gasteiger partial charge in [0.15, 0.2) is 8.32 Å². The monoisotopic (exact) mass is 459 g/mol. The molecule has 0 N–H and O–H groups in total. The Morgan fingerprint density at radius 1 is 1.27 bits per heavy atom. The van der Waals surface area contributed by atoms with Gasteiger partial charge in [0.1, 0.15) is 5.82 Å². The predicted molar refractivity (Wildman–Crippen MR) is 117 cm³/mol. The normalized spacial score (nSPS) is 14.2. The zero-order valence-corrected chi connectivity index (χ0v) is 20.4. The maximum absolute atomic E-state index is 14.5. The van der Waals surface area contributed by atoms with Crippen molar-refractivity contribution in [2.75, 3.05) is 12.4 Å². The average Bonchev–Trinajstić information content (AvgIpc) is 2.51. The van der Waals surface area contributed by atoms with E-state index in [2.05, 4.69) is 69.7 Å². The first kappa shape index (κ1) is 23.7. The van der Waals surface area contributed by atoms with E-state index in [9.17, 15) is 4.39 Å². The van der Waals surface area contributed by atoms with Gasteiger partial charge < -0.3 is 4.43 Å². The van der Waals surface area contributed by atoms with Gasteiger partial charge in [-0.1, -0.05) is 50.5 Å². The quantitative estimate of drug-likeness (QED) is 0.396. The SMILES string of the molecule is CC(C)(c1cc(Br)ccc1F)C(CCO[Si](C)(C)C(C)(C)C)SCC#N. The van der Waals surface area contributed by atoms with Crippen LogP contribution < -0.4 is 0 Å². The van der Waals surface area contributed by atoms with Crippen molar-refractivity contribution in [1.82, 2.24) is 0 Å². The van der Waals surface area contributed by atoms with E-state index in [1.165, 1.54) is 6.07 Å². The first-order chi connectivity index (χ1) is 11.8. The summed E-state index contributed by atoms with van der Waals surface area (Å²) in [5.74, 6) is 0.190. The van der Waals surface area contributed by atoms with Gasteiger partial charge in [-0.2, -0.15) is 5.26 Å².